The van der Waals surface area contributed by atoms with Crippen LogP contribution in [0.1, 0.15) is 37.8 Å². The fraction of sp³-hybridized carbons (Fsp3) is 0.400. The minimum atomic E-state index is -5.30. The van der Waals surface area contributed by atoms with Crippen LogP contribution in [0.2, 0.25) is 0 Å². The summed E-state index contributed by atoms with van der Waals surface area (Å²) in [4.78, 5) is 9.44. The molecule has 0 fully saturated rings. The summed E-state index contributed by atoms with van der Waals surface area (Å²) in [6, 6.07) is 5.88. The van der Waals surface area contributed by atoms with Gasteiger partial charge in [-0.05, 0) is 26.7 Å². The SMILES string of the molecule is CC1(C)CCC2=C(O1)c1ccccc1C(O)(S(=O)(=O)[O-])C2=O.[Na+]. The summed E-state index contributed by atoms with van der Waals surface area (Å²) in [5, 5.41) is 10.5. The number of Topliss-reactive ketones (excluding diaryl/α,β-unsaturated/α-hetero) is 1. The number of benzene rings is 1. The molecule has 0 aromatic heterocycles. The first-order chi connectivity index (χ1) is 10.1. The van der Waals surface area contributed by atoms with Crippen LogP contribution in [0.5, 0.6) is 0 Å². The smallest absolute Gasteiger partial charge is 0.745 e. The molecule has 6 nitrogen and oxygen atoms in total. The number of hydrogen-bond donors (Lipinski definition) is 1. The Balaban J connectivity index is 0.00000192. The van der Waals surface area contributed by atoms with Crippen molar-refractivity contribution in [3.63, 3.8) is 0 Å². The maximum absolute atomic E-state index is 12.5. The maximum Gasteiger partial charge on any atom is 1.00 e. The first-order valence-electron chi connectivity index (χ1n) is 6.82. The number of carbonyl (C=O) groups excluding carboxylic acids is 1. The molecule has 1 aliphatic carbocycles. The molecule has 0 bridgehead atoms. The van der Waals surface area contributed by atoms with Crippen LogP contribution >= 0.6 is 0 Å². The van der Waals surface area contributed by atoms with E-state index in [4.69, 9.17) is 4.74 Å². The summed E-state index contributed by atoms with van der Waals surface area (Å²) < 4.78 is 40.6. The summed E-state index contributed by atoms with van der Waals surface area (Å²) in [6.07, 6.45) is 0.724. The zero-order valence-corrected chi connectivity index (χ0v) is 15.9. The van der Waals surface area contributed by atoms with Gasteiger partial charge in [-0.25, -0.2) is 8.42 Å². The molecule has 1 unspecified atom stereocenters. The second kappa shape index (κ2) is 5.68. The molecule has 0 saturated heterocycles. The summed E-state index contributed by atoms with van der Waals surface area (Å²) >= 11 is 0. The van der Waals surface area contributed by atoms with E-state index in [1.165, 1.54) is 18.2 Å². The van der Waals surface area contributed by atoms with Gasteiger partial charge in [0.05, 0.1) is 0 Å². The maximum atomic E-state index is 12.5. The minimum Gasteiger partial charge on any atom is -0.745 e. The van der Waals surface area contributed by atoms with E-state index in [-0.39, 0.29) is 58.4 Å². The average Bonchev–Trinajstić information content (AvgIpc) is 2.42. The third kappa shape index (κ3) is 2.69. The van der Waals surface area contributed by atoms with Gasteiger partial charge in [-0.1, -0.05) is 24.3 Å². The van der Waals surface area contributed by atoms with E-state index in [2.05, 4.69) is 0 Å². The molecule has 8 heteroatoms. The third-order valence-corrected chi connectivity index (χ3v) is 5.24. The zero-order valence-electron chi connectivity index (χ0n) is 13.1. The van der Waals surface area contributed by atoms with Gasteiger partial charge in [-0.3, -0.25) is 4.79 Å². The van der Waals surface area contributed by atoms with Crippen LogP contribution in [-0.4, -0.2) is 29.5 Å². The van der Waals surface area contributed by atoms with Crippen molar-refractivity contribution in [1.82, 2.24) is 0 Å². The van der Waals surface area contributed by atoms with Gasteiger partial charge >= 0.3 is 29.6 Å². The van der Waals surface area contributed by atoms with Crippen LogP contribution < -0.4 is 29.6 Å². The van der Waals surface area contributed by atoms with E-state index >= 15 is 0 Å². The van der Waals surface area contributed by atoms with Crippen molar-refractivity contribution >= 4 is 21.7 Å². The van der Waals surface area contributed by atoms with Crippen molar-refractivity contribution in [3.05, 3.63) is 41.0 Å². The van der Waals surface area contributed by atoms with E-state index < -0.39 is 26.4 Å². The standard InChI is InChI=1S/C15H16O6S.Na/c1-14(2)8-7-10-12(21-14)9-5-3-4-6-11(9)15(17,13(10)16)22(18,19)20;/h3-6,17H,7-8H2,1-2H3,(H,18,19,20);/q;+1/p-1. The molecule has 0 saturated carbocycles. The van der Waals surface area contributed by atoms with Crippen LogP contribution in [0.25, 0.3) is 5.76 Å². The monoisotopic (exact) mass is 346 g/mol. The summed E-state index contributed by atoms with van der Waals surface area (Å²) in [5.41, 5.74) is -0.434. The van der Waals surface area contributed by atoms with Crippen molar-refractivity contribution in [1.29, 1.82) is 0 Å². The number of ether oxygens (including phenoxy) is 1. The third-order valence-electron chi connectivity index (χ3n) is 4.11. The number of ketones is 1. The van der Waals surface area contributed by atoms with E-state index in [0.717, 1.165) is 0 Å². The molecule has 23 heavy (non-hydrogen) atoms. The van der Waals surface area contributed by atoms with Crippen LogP contribution in [0, 0.1) is 0 Å². The second-order valence-corrected chi connectivity index (χ2v) is 7.64. The molecule has 1 heterocycles. The van der Waals surface area contributed by atoms with Gasteiger partial charge in [0.15, 0.2) is 0 Å². The molecular weight excluding hydrogens is 331 g/mol. The fourth-order valence-electron chi connectivity index (χ4n) is 2.91. The molecular formula is C15H15NaO6S. The first-order valence-corrected chi connectivity index (χ1v) is 8.23. The van der Waals surface area contributed by atoms with Gasteiger partial charge in [-0.2, -0.15) is 0 Å². The number of fused-ring (bicyclic) bond motifs is 2. The molecule has 1 aromatic rings. The normalized spacial score (nSPS) is 25.8. The van der Waals surface area contributed by atoms with E-state index in [1.54, 1.807) is 6.07 Å². The Bertz CT molecular complexity index is 811. The Kier molecular flexibility index (Phi) is 4.60. The molecule has 3 rings (SSSR count). The van der Waals surface area contributed by atoms with Crippen molar-refractivity contribution in [2.75, 3.05) is 0 Å². The van der Waals surface area contributed by atoms with E-state index in [9.17, 15) is 22.9 Å². The Morgan fingerprint density at radius 3 is 2.48 bits per heavy atom. The largest absolute Gasteiger partial charge is 1.00 e. The molecule has 1 atom stereocenters. The molecule has 118 valence electrons. The van der Waals surface area contributed by atoms with Gasteiger partial charge in [-0.15, -0.1) is 0 Å². The number of hydrogen-bond acceptors (Lipinski definition) is 6. The number of carbonyl (C=O) groups is 1. The Morgan fingerprint density at radius 2 is 1.87 bits per heavy atom. The van der Waals surface area contributed by atoms with Crippen LogP contribution in [0.15, 0.2) is 29.8 Å². The summed E-state index contributed by atoms with van der Waals surface area (Å²) in [6.45, 7) is 3.71. The topological polar surface area (TPSA) is 104 Å². The van der Waals surface area contributed by atoms with Gasteiger partial charge in [0.25, 0.3) is 0 Å². The van der Waals surface area contributed by atoms with Gasteiger partial charge in [0.2, 0.25) is 10.7 Å². The average molecular weight is 346 g/mol. The van der Waals surface area contributed by atoms with Crippen molar-refractivity contribution in [2.24, 2.45) is 0 Å². The number of rotatable bonds is 1. The van der Waals surface area contributed by atoms with Crippen molar-refractivity contribution < 1.29 is 57.2 Å². The predicted octanol–water partition coefficient (Wildman–Crippen LogP) is -1.74. The summed E-state index contributed by atoms with van der Waals surface area (Å²) in [5.74, 6) is -0.850. The minimum absolute atomic E-state index is 0. The summed E-state index contributed by atoms with van der Waals surface area (Å²) in [7, 11) is -5.30. The van der Waals surface area contributed by atoms with Gasteiger partial charge in [0.1, 0.15) is 21.5 Å². The van der Waals surface area contributed by atoms with Crippen LogP contribution in [0.4, 0.5) is 0 Å². The predicted molar refractivity (Wildman–Crippen MR) is 76.4 cm³/mol. The van der Waals surface area contributed by atoms with E-state index in [0.29, 0.717) is 6.42 Å². The van der Waals surface area contributed by atoms with Gasteiger partial charge in [0, 0.05) is 16.7 Å². The zero-order chi connectivity index (χ0) is 16.3. The molecule has 1 N–H and O–H groups in total. The molecule has 1 aromatic carbocycles. The Morgan fingerprint density at radius 1 is 1.26 bits per heavy atom. The van der Waals surface area contributed by atoms with Crippen molar-refractivity contribution in [2.45, 2.75) is 37.2 Å². The van der Waals surface area contributed by atoms with Crippen LogP contribution in [-0.2, 0) is 24.6 Å². The fourth-order valence-corrected chi connectivity index (χ4v) is 3.71. The van der Waals surface area contributed by atoms with Crippen LogP contribution in [0.3, 0.4) is 0 Å². The molecule has 0 radical (unpaired) electrons. The number of aliphatic hydroxyl groups is 1. The molecule has 0 spiro atoms. The molecule has 1 aliphatic heterocycles. The molecule has 2 aliphatic rings. The van der Waals surface area contributed by atoms with E-state index in [1.807, 2.05) is 13.8 Å². The second-order valence-electron chi connectivity index (χ2n) is 6.14. The Labute approximate surface area is 156 Å². The van der Waals surface area contributed by atoms with Crippen molar-refractivity contribution in [3.8, 4) is 0 Å². The Hall–Kier alpha value is -0.700. The molecule has 0 amide bonds. The first kappa shape index (κ1) is 18.6. The van der Waals surface area contributed by atoms with Gasteiger partial charge < -0.3 is 14.4 Å². The quantitative estimate of drug-likeness (QED) is 0.478.